The molecule has 1 aromatic carbocycles. The van der Waals surface area contributed by atoms with Crippen LogP contribution >= 0.6 is 11.3 Å². The van der Waals surface area contributed by atoms with Gasteiger partial charge in [-0.3, -0.25) is 4.79 Å². The van der Waals surface area contributed by atoms with Crippen molar-refractivity contribution in [1.82, 2.24) is 10.2 Å². The molecule has 2 rings (SSSR count). The lowest BCUT2D eigenvalue weighted by molar-refractivity contribution is 0.102. The van der Waals surface area contributed by atoms with E-state index >= 15 is 0 Å². The zero-order valence-corrected chi connectivity index (χ0v) is 10.3. The highest BCUT2D eigenvalue weighted by molar-refractivity contribution is 7.17. The highest BCUT2D eigenvalue weighted by atomic mass is 32.1. The van der Waals surface area contributed by atoms with Crippen LogP contribution in [0.2, 0.25) is 0 Å². The predicted octanol–water partition coefficient (Wildman–Crippen LogP) is 2.25. The first-order valence-electron chi connectivity index (χ1n) is 4.98. The van der Waals surface area contributed by atoms with Gasteiger partial charge in [-0.05, 0) is 0 Å². The van der Waals surface area contributed by atoms with Crippen LogP contribution in [0.15, 0.2) is 12.1 Å². The van der Waals surface area contributed by atoms with Gasteiger partial charge in [0.15, 0.2) is 11.6 Å². The number of hydrogen-bond acceptors (Lipinski definition) is 5. The average Bonchev–Trinajstić information content (AvgIpc) is 2.84. The lowest BCUT2D eigenvalue weighted by Gasteiger charge is -2.04. The van der Waals surface area contributed by atoms with Crippen molar-refractivity contribution < 1.29 is 18.0 Å². The molecule has 19 heavy (non-hydrogen) atoms. The second-order valence-corrected chi connectivity index (χ2v) is 4.34. The Balaban J connectivity index is 2.21. The average molecular weight is 288 g/mol. The maximum atomic E-state index is 13.3. The third-order valence-electron chi connectivity index (χ3n) is 2.09. The van der Waals surface area contributed by atoms with E-state index in [1.807, 2.05) is 0 Å². The van der Waals surface area contributed by atoms with Crippen LogP contribution in [0.1, 0.15) is 9.80 Å². The van der Waals surface area contributed by atoms with E-state index in [0.29, 0.717) is 17.3 Å². The summed E-state index contributed by atoms with van der Waals surface area (Å²) in [6.07, 6.45) is 0. The first kappa shape index (κ1) is 13.3. The van der Waals surface area contributed by atoms with Crippen molar-refractivity contribution >= 4 is 28.1 Å². The molecule has 0 unspecified atom stereocenters. The van der Waals surface area contributed by atoms with E-state index in [1.165, 1.54) is 0 Å². The number of aromatic nitrogens is 2. The summed E-state index contributed by atoms with van der Waals surface area (Å²) in [6, 6.07) is 0.909. The number of halogens is 3. The molecule has 1 aromatic heterocycles. The fourth-order valence-electron chi connectivity index (χ4n) is 1.21. The van der Waals surface area contributed by atoms with Gasteiger partial charge < -0.3 is 10.6 Å². The lowest BCUT2D eigenvalue weighted by Crippen LogP contribution is -2.13. The number of nitrogens with zero attached hydrogens (tertiary/aromatic N) is 2. The molecule has 0 spiro atoms. The van der Waals surface area contributed by atoms with E-state index in [0.717, 1.165) is 11.3 Å². The van der Waals surface area contributed by atoms with Crippen LogP contribution in [-0.2, 0) is 0 Å². The van der Waals surface area contributed by atoms with Crippen molar-refractivity contribution in [2.45, 2.75) is 0 Å². The molecular weight excluding hydrogens is 281 g/mol. The van der Waals surface area contributed by atoms with E-state index in [-0.39, 0.29) is 5.01 Å². The van der Waals surface area contributed by atoms with Crippen LogP contribution in [0.5, 0.6) is 0 Å². The predicted molar refractivity (Wildman–Crippen MR) is 63.7 cm³/mol. The van der Waals surface area contributed by atoms with Crippen LogP contribution in [-0.4, -0.2) is 23.2 Å². The van der Waals surface area contributed by atoms with Crippen molar-refractivity contribution in [3.8, 4) is 0 Å². The molecule has 0 saturated heterocycles. The van der Waals surface area contributed by atoms with Gasteiger partial charge in [-0.1, -0.05) is 11.3 Å². The number of amides is 1. The fraction of sp³-hybridized carbons (Fsp3) is 0.100. The molecule has 0 fully saturated rings. The molecule has 0 aliphatic rings. The third kappa shape index (κ3) is 2.81. The number of hydrogen-bond donors (Lipinski definition) is 2. The summed E-state index contributed by atoms with van der Waals surface area (Å²) in [4.78, 5) is 11.7. The van der Waals surface area contributed by atoms with Gasteiger partial charge in [0.2, 0.25) is 10.1 Å². The van der Waals surface area contributed by atoms with Crippen molar-refractivity contribution in [2.75, 3.05) is 17.7 Å². The molecule has 0 saturated carbocycles. The molecule has 5 nitrogen and oxygen atoms in total. The second-order valence-electron chi connectivity index (χ2n) is 3.36. The Hall–Kier alpha value is -2.16. The molecule has 2 N–H and O–H groups in total. The number of carbonyl (C=O) groups excluding carboxylic acids is 1. The van der Waals surface area contributed by atoms with Crippen LogP contribution in [0.25, 0.3) is 0 Å². The molecule has 1 amide bonds. The summed E-state index contributed by atoms with van der Waals surface area (Å²) in [5.74, 6) is -4.43. The van der Waals surface area contributed by atoms with Gasteiger partial charge in [0.1, 0.15) is 5.82 Å². The minimum Gasteiger partial charge on any atom is -0.363 e. The number of carbonyl (C=O) groups is 1. The zero-order chi connectivity index (χ0) is 14.0. The molecule has 0 aliphatic heterocycles. The maximum absolute atomic E-state index is 13.3. The second kappa shape index (κ2) is 5.22. The minimum absolute atomic E-state index is 0.0338. The van der Waals surface area contributed by atoms with Crippen molar-refractivity contribution in [2.24, 2.45) is 0 Å². The highest BCUT2D eigenvalue weighted by Crippen LogP contribution is 2.20. The third-order valence-corrected chi connectivity index (χ3v) is 3.03. The van der Waals surface area contributed by atoms with Crippen molar-refractivity contribution in [3.05, 3.63) is 34.6 Å². The summed E-state index contributed by atoms with van der Waals surface area (Å²) in [6.45, 7) is 0. The number of benzene rings is 1. The topological polar surface area (TPSA) is 66.9 Å². The minimum atomic E-state index is -1.33. The Kier molecular flexibility index (Phi) is 3.65. The molecule has 100 valence electrons. The number of nitrogens with one attached hydrogen (secondary N) is 2. The lowest BCUT2D eigenvalue weighted by atomic mass is 10.3. The molecular formula is C10H7F3N4OS. The number of anilines is 2. The molecule has 9 heteroatoms. The van der Waals surface area contributed by atoms with Gasteiger partial charge >= 0.3 is 0 Å². The van der Waals surface area contributed by atoms with Gasteiger partial charge in [-0.15, -0.1) is 10.2 Å². The molecule has 1 heterocycles. The molecule has 0 bridgehead atoms. The summed E-state index contributed by atoms with van der Waals surface area (Å²) in [5.41, 5.74) is -0.467. The Morgan fingerprint density at radius 1 is 1.16 bits per heavy atom. The Morgan fingerprint density at radius 2 is 1.84 bits per heavy atom. The van der Waals surface area contributed by atoms with Crippen LogP contribution < -0.4 is 10.6 Å². The first-order chi connectivity index (χ1) is 9.01. The van der Waals surface area contributed by atoms with Gasteiger partial charge in [-0.25, -0.2) is 13.2 Å². The van der Waals surface area contributed by atoms with Gasteiger partial charge in [0, 0.05) is 19.2 Å². The van der Waals surface area contributed by atoms with Gasteiger partial charge in [0.25, 0.3) is 5.91 Å². The van der Waals surface area contributed by atoms with Crippen LogP contribution in [0.3, 0.4) is 0 Å². The standard InChI is InChI=1S/C10H7F3N4OS/c1-14-10-17-16-9(19-10)8(18)15-7-3-5(12)4(11)2-6(7)13/h2-3H,1H3,(H,14,17)(H,15,18). The van der Waals surface area contributed by atoms with Crippen molar-refractivity contribution in [1.29, 1.82) is 0 Å². The van der Waals surface area contributed by atoms with E-state index in [9.17, 15) is 18.0 Å². The molecule has 0 atom stereocenters. The Morgan fingerprint density at radius 3 is 2.47 bits per heavy atom. The molecule has 0 radical (unpaired) electrons. The first-order valence-corrected chi connectivity index (χ1v) is 5.80. The highest BCUT2D eigenvalue weighted by Gasteiger charge is 2.16. The molecule has 2 aromatic rings. The smallest absolute Gasteiger partial charge is 0.286 e. The number of rotatable bonds is 3. The van der Waals surface area contributed by atoms with Crippen LogP contribution in [0.4, 0.5) is 24.0 Å². The van der Waals surface area contributed by atoms with E-state index in [2.05, 4.69) is 20.8 Å². The largest absolute Gasteiger partial charge is 0.363 e. The van der Waals surface area contributed by atoms with Crippen LogP contribution in [0, 0.1) is 17.5 Å². The quantitative estimate of drug-likeness (QED) is 0.850. The molecule has 0 aliphatic carbocycles. The summed E-state index contributed by atoms with van der Waals surface area (Å²) in [7, 11) is 1.59. The van der Waals surface area contributed by atoms with Crippen molar-refractivity contribution in [3.63, 3.8) is 0 Å². The summed E-state index contributed by atoms with van der Waals surface area (Å²) in [5, 5.41) is 12.3. The SMILES string of the molecule is CNc1nnc(C(=O)Nc2cc(F)c(F)cc2F)s1. The van der Waals surface area contributed by atoms with E-state index in [1.54, 1.807) is 7.05 Å². The van der Waals surface area contributed by atoms with Gasteiger partial charge in [0.05, 0.1) is 5.69 Å². The fourth-order valence-corrected chi connectivity index (χ4v) is 1.80. The Labute approximate surface area is 109 Å². The maximum Gasteiger partial charge on any atom is 0.286 e. The Bertz CT molecular complexity index is 631. The normalized spacial score (nSPS) is 10.3. The summed E-state index contributed by atoms with van der Waals surface area (Å²) >= 11 is 0.938. The van der Waals surface area contributed by atoms with E-state index in [4.69, 9.17) is 0 Å². The van der Waals surface area contributed by atoms with Gasteiger partial charge in [-0.2, -0.15) is 0 Å². The van der Waals surface area contributed by atoms with E-state index < -0.39 is 29.0 Å². The monoisotopic (exact) mass is 288 g/mol. The zero-order valence-electron chi connectivity index (χ0n) is 9.50. The summed E-state index contributed by atoms with van der Waals surface area (Å²) < 4.78 is 39.0.